The van der Waals surface area contributed by atoms with E-state index in [1.807, 2.05) is 13.1 Å². The lowest BCUT2D eigenvalue weighted by Gasteiger charge is -2.32. The van der Waals surface area contributed by atoms with Crippen LogP contribution in [-0.4, -0.2) is 37.7 Å². The van der Waals surface area contributed by atoms with Gasteiger partial charge in [0.1, 0.15) is 5.82 Å². The summed E-state index contributed by atoms with van der Waals surface area (Å²) in [5.74, 6) is 3.30. The molecule has 2 aromatic heterocycles. The van der Waals surface area contributed by atoms with Gasteiger partial charge in [0.25, 0.3) is 0 Å². The second-order valence-corrected chi connectivity index (χ2v) is 5.83. The van der Waals surface area contributed by atoms with Gasteiger partial charge in [0.2, 0.25) is 5.89 Å². The van der Waals surface area contributed by atoms with Crippen molar-refractivity contribution in [1.29, 1.82) is 0 Å². The monoisotopic (exact) mass is 289 g/mol. The van der Waals surface area contributed by atoms with Gasteiger partial charge in [0.15, 0.2) is 5.82 Å². The minimum atomic E-state index is 0.667. The zero-order chi connectivity index (χ0) is 14.7. The van der Waals surface area contributed by atoms with Gasteiger partial charge in [-0.15, -0.1) is 0 Å². The van der Waals surface area contributed by atoms with Gasteiger partial charge >= 0.3 is 0 Å². The summed E-state index contributed by atoms with van der Waals surface area (Å²) in [5, 5.41) is 3.97. The Morgan fingerprint density at radius 2 is 2.33 bits per heavy atom. The number of rotatable bonds is 5. The molecule has 114 valence electrons. The molecule has 0 N–H and O–H groups in total. The number of hydrogen-bond acceptors (Lipinski definition) is 5. The van der Waals surface area contributed by atoms with Crippen LogP contribution in [0.4, 0.5) is 0 Å². The number of nitrogens with zero attached hydrogens (tertiary/aromatic N) is 5. The zero-order valence-corrected chi connectivity index (χ0v) is 12.8. The number of aromatic nitrogens is 4. The molecule has 2 aromatic rings. The molecule has 0 unspecified atom stereocenters. The molecule has 1 aliphatic rings. The van der Waals surface area contributed by atoms with Crippen molar-refractivity contribution in [2.45, 2.75) is 46.2 Å². The van der Waals surface area contributed by atoms with E-state index >= 15 is 0 Å². The van der Waals surface area contributed by atoms with Crippen LogP contribution in [0.1, 0.15) is 37.3 Å². The number of likely N-dealkylation sites (tertiary alicyclic amines) is 1. The van der Waals surface area contributed by atoms with Crippen LogP contribution in [0, 0.1) is 12.8 Å². The lowest BCUT2D eigenvalue weighted by Crippen LogP contribution is -2.36. The molecule has 6 heteroatoms. The maximum Gasteiger partial charge on any atom is 0.240 e. The quantitative estimate of drug-likeness (QED) is 0.843. The fourth-order valence-corrected chi connectivity index (χ4v) is 3.01. The average Bonchev–Trinajstić information content (AvgIpc) is 3.09. The number of aryl methyl sites for hydroxylation is 2. The van der Waals surface area contributed by atoms with Crippen molar-refractivity contribution >= 4 is 0 Å². The molecule has 21 heavy (non-hydrogen) atoms. The van der Waals surface area contributed by atoms with Crippen molar-refractivity contribution in [3.63, 3.8) is 0 Å². The van der Waals surface area contributed by atoms with E-state index in [1.54, 1.807) is 0 Å². The molecule has 3 rings (SSSR count). The van der Waals surface area contributed by atoms with Gasteiger partial charge in [0, 0.05) is 31.9 Å². The number of hydrogen-bond donors (Lipinski definition) is 0. The second-order valence-electron chi connectivity index (χ2n) is 5.83. The maximum atomic E-state index is 5.30. The predicted octanol–water partition coefficient (Wildman–Crippen LogP) is 2.05. The summed E-state index contributed by atoms with van der Waals surface area (Å²) in [6.45, 7) is 8.12. The summed E-state index contributed by atoms with van der Waals surface area (Å²) in [5.41, 5.74) is 0. The van der Waals surface area contributed by atoms with E-state index in [9.17, 15) is 0 Å². The van der Waals surface area contributed by atoms with E-state index in [0.717, 1.165) is 50.1 Å². The van der Waals surface area contributed by atoms with Crippen molar-refractivity contribution in [2.75, 3.05) is 13.1 Å². The highest BCUT2D eigenvalue weighted by Gasteiger charge is 2.22. The second kappa shape index (κ2) is 6.39. The lowest BCUT2D eigenvalue weighted by molar-refractivity contribution is 0.140. The summed E-state index contributed by atoms with van der Waals surface area (Å²) in [6, 6.07) is 0. The molecule has 6 nitrogen and oxygen atoms in total. The van der Waals surface area contributed by atoms with Gasteiger partial charge in [-0.3, -0.25) is 4.90 Å². The lowest BCUT2D eigenvalue weighted by atomic mass is 9.98. The molecule has 3 heterocycles. The molecule has 0 bridgehead atoms. The highest BCUT2D eigenvalue weighted by atomic mass is 16.5. The molecule has 1 aliphatic heterocycles. The van der Waals surface area contributed by atoms with Gasteiger partial charge in [-0.05, 0) is 32.2 Å². The zero-order valence-electron chi connectivity index (χ0n) is 12.8. The minimum Gasteiger partial charge on any atom is -0.338 e. The summed E-state index contributed by atoms with van der Waals surface area (Å²) >= 11 is 0. The van der Waals surface area contributed by atoms with E-state index in [1.165, 1.54) is 12.8 Å². The standard InChI is InChI=1S/C15H23N5O/c1-3-14-17-15(21-18-14)11-19-7-4-5-13(9-19)10-20-8-6-16-12(20)2/h6,8,13H,3-5,7,9-11H2,1-2H3/t13-/m1/s1. The summed E-state index contributed by atoms with van der Waals surface area (Å²) in [4.78, 5) is 11.1. The summed E-state index contributed by atoms with van der Waals surface area (Å²) in [7, 11) is 0. The summed E-state index contributed by atoms with van der Waals surface area (Å²) < 4.78 is 7.55. The van der Waals surface area contributed by atoms with E-state index in [2.05, 4.69) is 37.7 Å². The van der Waals surface area contributed by atoms with E-state index in [-0.39, 0.29) is 0 Å². The molecule has 1 saturated heterocycles. The fourth-order valence-electron chi connectivity index (χ4n) is 3.01. The SMILES string of the molecule is CCc1noc(CN2CCC[C@@H](Cn3ccnc3C)C2)n1. The molecule has 0 spiro atoms. The van der Waals surface area contributed by atoms with Crippen LogP contribution in [0.3, 0.4) is 0 Å². The molecule has 1 atom stereocenters. The Hall–Kier alpha value is -1.69. The third-order valence-electron chi connectivity index (χ3n) is 4.17. The highest BCUT2D eigenvalue weighted by Crippen LogP contribution is 2.20. The topological polar surface area (TPSA) is 60.0 Å². The van der Waals surface area contributed by atoms with Crippen LogP contribution in [-0.2, 0) is 19.5 Å². The molecular formula is C15H23N5O. The average molecular weight is 289 g/mol. The Kier molecular flexibility index (Phi) is 4.34. The van der Waals surface area contributed by atoms with Crippen LogP contribution < -0.4 is 0 Å². The smallest absolute Gasteiger partial charge is 0.240 e. The van der Waals surface area contributed by atoms with E-state index < -0.39 is 0 Å². The first kappa shape index (κ1) is 14.3. The van der Waals surface area contributed by atoms with Crippen molar-refractivity contribution in [1.82, 2.24) is 24.6 Å². The van der Waals surface area contributed by atoms with Gasteiger partial charge in [-0.2, -0.15) is 4.98 Å². The molecule has 0 saturated carbocycles. The van der Waals surface area contributed by atoms with E-state index in [0.29, 0.717) is 5.92 Å². The molecule has 0 amide bonds. The van der Waals surface area contributed by atoms with Crippen molar-refractivity contribution in [2.24, 2.45) is 5.92 Å². The van der Waals surface area contributed by atoms with Crippen LogP contribution in [0.2, 0.25) is 0 Å². The van der Waals surface area contributed by atoms with Crippen LogP contribution >= 0.6 is 0 Å². The van der Waals surface area contributed by atoms with Crippen LogP contribution in [0.25, 0.3) is 0 Å². The molecular weight excluding hydrogens is 266 g/mol. The summed E-state index contributed by atoms with van der Waals surface area (Å²) in [6.07, 6.45) is 7.28. The Bertz CT molecular complexity index is 576. The first-order chi connectivity index (χ1) is 10.2. The largest absolute Gasteiger partial charge is 0.338 e. The van der Waals surface area contributed by atoms with Gasteiger partial charge in [-0.25, -0.2) is 4.98 Å². The first-order valence-corrected chi connectivity index (χ1v) is 7.76. The van der Waals surface area contributed by atoms with Gasteiger partial charge in [-0.1, -0.05) is 12.1 Å². The number of imidazole rings is 1. The van der Waals surface area contributed by atoms with Crippen molar-refractivity contribution < 1.29 is 4.52 Å². The van der Waals surface area contributed by atoms with Gasteiger partial charge < -0.3 is 9.09 Å². The molecule has 0 radical (unpaired) electrons. The predicted molar refractivity (Wildman–Crippen MR) is 78.6 cm³/mol. The van der Waals surface area contributed by atoms with Crippen molar-refractivity contribution in [3.8, 4) is 0 Å². The first-order valence-electron chi connectivity index (χ1n) is 7.76. The minimum absolute atomic E-state index is 0.667. The molecule has 0 aromatic carbocycles. The van der Waals surface area contributed by atoms with Crippen LogP contribution in [0.5, 0.6) is 0 Å². The fraction of sp³-hybridized carbons (Fsp3) is 0.667. The van der Waals surface area contributed by atoms with E-state index in [4.69, 9.17) is 4.52 Å². The highest BCUT2D eigenvalue weighted by molar-refractivity contribution is 4.90. The Labute approximate surface area is 125 Å². The third kappa shape index (κ3) is 3.50. The number of piperidine rings is 1. The Balaban J connectivity index is 1.56. The van der Waals surface area contributed by atoms with Crippen LogP contribution in [0.15, 0.2) is 16.9 Å². The molecule has 0 aliphatic carbocycles. The Morgan fingerprint density at radius 3 is 3.05 bits per heavy atom. The van der Waals surface area contributed by atoms with Gasteiger partial charge in [0.05, 0.1) is 6.54 Å². The van der Waals surface area contributed by atoms with Crippen molar-refractivity contribution in [3.05, 3.63) is 29.9 Å². The Morgan fingerprint density at radius 1 is 1.43 bits per heavy atom. The molecule has 1 fully saturated rings. The normalized spacial score (nSPS) is 20.0. The maximum absolute atomic E-state index is 5.30. The third-order valence-corrected chi connectivity index (χ3v) is 4.17.